The van der Waals surface area contributed by atoms with Crippen LogP contribution in [-0.4, -0.2) is 59.2 Å². The first-order chi connectivity index (χ1) is 15.4. The molecule has 0 spiro atoms. The number of hydrogen-bond acceptors (Lipinski definition) is 6. The van der Waals surface area contributed by atoms with Crippen LogP contribution in [0.4, 0.5) is 17.2 Å². The van der Waals surface area contributed by atoms with Crippen LogP contribution < -0.4 is 10.2 Å². The van der Waals surface area contributed by atoms with E-state index in [9.17, 15) is 4.79 Å². The number of fused-ring (bicyclic) bond motifs is 1. The zero-order chi connectivity index (χ0) is 22.7. The Bertz CT molecular complexity index is 1010. The summed E-state index contributed by atoms with van der Waals surface area (Å²) in [7, 11) is 0. The van der Waals surface area contributed by atoms with E-state index in [2.05, 4.69) is 57.1 Å². The summed E-state index contributed by atoms with van der Waals surface area (Å²) in [4.78, 5) is 31.0. The number of amides is 1. The van der Waals surface area contributed by atoms with Gasteiger partial charge in [0.15, 0.2) is 5.82 Å². The van der Waals surface area contributed by atoms with Crippen molar-refractivity contribution in [3.05, 3.63) is 41.9 Å². The van der Waals surface area contributed by atoms with Gasteiger partial charge in [-0.3, -0.25) is 4.79 Å². The second kappa shape index (κ2) is 9.36. The van der Waals surface area contributed by atoms with E-state index < -0.39 is 0 Å². The maximum absolute atomic E-state index is 12.7. The predicted octanol–water partition coefficient (Wildman–Crippen LogP) is 3.91. The monoisotopic (exact) mass is 434 g/mol. The van der Waals surface area contributed by atoms with Crippen molar-refractivity contribution >= 4 is 28.8 Å². The number of carbonyl (C=O) groups is 1. The molecule has 7 heteroatoms. The van der Waals surface area contributed by atoms with E-state index in [0.29, 0.717) is 17.9 Å². The Hall–Kier alpha value is -2.80. The second-order valence-corrected chi connectivity index (χ2v) is 9.47. The SMILES string of the molecule is CC(=Nc1c(C)ncnc1N1CC(C)(C)c2ccccc21)C(=O)NCCCN1CCCC1. The van der Waals surface area contributed by atoms with E-state index in [1.165, 1.54) is 31.5 Å². The highest BCUT2D eigenvalue weighted by molar-refractivity contribution is 6.38. The lowest BCUT2D eigenvalue weighted by Gasteiger charge is -2.23. The highest BCUT2D eigenvalue weighted by Crippen LogP contribution is 2.46. The first kappa shape index (κ1) is 22.4. The number of aromatic nitrogens is 2. The van der Waals surface area contributed by atoms with Gasteiger partial charge in [0, 0.05) is 24.2 Å². The summed E-state index contributed by atoms with van der Waals surface area (Å²) in [6.45, 7) is 13.0. The molecule has 2 aliphatic heterocycles. The molecule has 7 nitrogen and oxygen atoms in total. The van der Waals surface area contributed by atoms with Gasteiger partial charge < -0.3 is 15.1 Å². The quantitative estimate of drug-likeness (QED) is 0.528. The number of aliphatic imine (C=N–C) groups is 1. The summed E-state index contributed by atoms with van der Waals surface area (Å²) < 4.78 is 0. The van der Waals surface area contributed by atoms with Crippen LogP contribution in [0.5, 0.6) is 0 Å². The van der Waals surface area contributed by atoms with Crippen LogP contribution in [0.1, 0.15) is 51.3 Å². The number of para-hydroxylation sites is 1. The number of likely N-dealkylation sites (tertiary alicyclic amines) is 1. The fraction of sp³-hybridized carbons (Fsp3) is 0.520. The second-order valence-electron chi connectivity index (χ2n) is 9.47. The first-order valence-electron chi connectivity index (χ1n) is 11.6. The molecule has 3 heterocycles. The van der Waals surface area contributed by atoms with Crippen molar-refractivity contribution in [1.82, 2.24) is 20.2 Å². The number of carbonyl (C=O) groups excluding carboxylic acids is 1. The van der Waals surface area contributed by atoms with E-state index in [-0.39, 0.29) is 11.3 Å². The van der Waals surface area contributed by atoms with E-state index in [4.69, 9.17) is 4.99 Å². The lowest BCUT2D eigenvalue weighted by Crippen LogP contribution is -2.32. The minimum Gasteiger partial charge on any atom is -0.351 e. The zero-order valence-electron chi connectivity index (χ0n) is 19.7. The molecule has 1 amide bonds. The zero-order valence-corrected chi connectivity index (χ0v) is 19.7. The van der Waals surface area contributed by atoms with Crippen molar-refractivity contribution in [2.45, 2.75) is 52.4 Å². The van der Waals surface area contributed by atoms with E-state index in [0.717, 1.165) is 36.7 Å². The fourth-order valence-corrected chi connectivity index (χ4v) is 4.68. The number of aryl methyl sites for hydroxylation is 1. The van der Waals surface area contributed by atoms with Crippen LogP contribution in [0.3, 0.4) is 0 Å². The van der Waals surface area contributed by atoms with E-state index >= 15 is 0 Å². The lowest BCUT2D eigenvalue weighted by molar-refractivity contribution is -0.114. The van der Waals surface area contributed by atoms with Crippen molar-refractivity contribution in [3.8, 4) is 0 Å². The summed E-state index contributed by atoms with van der Waals surface area (Å²) in [6, 6.07) is 8.42. The summed E-state index contributed by atoms with van der Waals surface area (Å²) in [6.07, 6.45) is 5.11. The molecule has 2 aliphatic rings. The number of nitrogens with one attached hydrogen (secondary N) is 1. The highest BCUT2D eigenvalue weighted by atomic mass is 16.1. The number of rotatable bonds is 7. The molecule has 1 saturated heterocycles. The van der Waals surface area contributed by atoms with Crippen LogP contribution in [0, 0.1) is 6.92 Å². The van der Waals surface area contributed by atoms with Gasteiger partial charge in [0.1, 0.15) is 17.7 Å². The predicted molar refractivity (Wildman–Crippen MR) is 129 cm³/mol. The van der Waals surface area contributed by atoms with Crippen LogP contribution in [0.15, 0.2) is 35.6 Å². The van der Waals surface area contributed by atoms with Crippen molar-refractivity contribution in [3.63, 3.8) is 0 Å². The number of nitrogens with zero attached hydrogens (tertiary/aromatic N) is 5. The van der Waals surface area contributed by atoms with Gasteiger partial charge in [-0.05, 0) is 64.4 Å². The van der Waals surface area contributed by atoms with Gasteiger partial charge in [-0.15, -0.1) is 0 Å². The molecule has 4 rings (SSSR count). The van der Waals surface area contributed by atoms with Crippen molar-refractivity contribution in [2.24, 2.45) is 4.99 Å². The molecule has 0 saturated carbocycles. The van der Waals surface area contributed by atoms with E-state index in [1.807, 2.05) is 13.0 Å². The van der Waals surface area contributed by atoms with Gasteiger partial charge in [0.05, 0.1) is 5.69 Å². The molecule has 32 heavy (non-hydrogen) atoms. The molecule has 1 N–H and O–H groups in total. The molecule has 0 atom stereocenters. The lowest BCUT2D eigenvalue weighted by atomic mass is 9.87. The molecule has 170 valence electrons. The van der Waals surface area contributed by atoms with Gasteiger partial charge in [-0.2, -0.15) is 0 Å². The highest BCUT2D eigenvalue weighted by Gasteiger charge is 2.37. The van der Waals surface area contributed by atoms with Gasteiger partial charge in [0.25, 0.3) is 5.91 Å². The molecule has 0 unspecified atom stereocenters. The van der Waals surface area contributed by atoms with Crippen LogP contribution in [0.2, 0.25) is 0 Å². The third-order valence-electron chi connectivity index (χ3n) is 6.46. The van der Waals surface area contributed by atoms with Crippen LogP contribution >= 0.6 is 0 Å². The smallest absolute Gasteiger partial charge is 0.265 e. The third-order valence-corrected chi connectivity index (χ3v) is 6.46. The Kier molecular flexibility index (Phi) is 6.55. The molecule has 0 radical (unpaired) electrons. The molecule has 1 fully saturated rings. The van der Waals surface area contributed by atoms with Crippen LogP contribution in [0.25, 0.3) is 0 Å². The first-order valence-corrected chi connectivity index (χ1v) is 11.6. The minimum atomic E-state index is -0.136. The van der Waals surface area contributed by atoms with Gasteiger partial charge in [0.2, 0.25) is 0 Å². The van der Waals surface area contributed by atoms with Crippen molar-refractivity contribution < 1.29 is 4.79 Å². The molecular formula is C25H34N6O. The molecule has 0 aliphatic carbocycles. The average Bonchev–Trinajstić information content (AvgIpc) is 3.39. The molecule has 1 aromatic heterocycles. The summed E-state index contributed by atoms with van der Waals surface area (Å²) in [5.41, 5.74) is 4.27. The maximum atomic E-state index is 12.7. The normalized spacial score (nSPS) is 18.1. The van der Waals surface area contributed by atoms with Crippen molar-refractivity contribution in [2.75, 3.05) is 37.6 Å². The van der Waals surface area contributed by atoms with Gasteiger partial charge in [-0.1, -0.05) is 32.0 Å². The largest absolute Gasteiger partial charge is 0.351 e. The number of hydrogen-bond donors (Lipinski definition) is 1. The minimum absolute atomic E-state index is 0.00179. The Morgan fingerprint density at radius 1 is 1.19 bits per heavy atom. The molecule has 0 bridgehead atoms. The Morgan fingerprint density at radius 3 is 2.72 bits per heavy atom. The number of benzene rings is 1. The Morgan fingerprint density at radius 2 is 1.94 bits per heavy atom. The summed E-state index contributed by atoms with van der Waals surface area (Å²) >= 11 is 0. The van der Waals surface area contributed by atoms with E-state index in [1.54, 1.807) is 13.3 Å². The number of anilines is 2. The topological polar surface area (TPSA) is 73.7 Å². The fourth-order valence-electron chi connectivity index (χ4n) is 4.68. The molecule has 2 aromatic rings. The van der Waals surface area contributed by atoms with Gasteiger partial charge >= 0.3 is 0 Å². The summed E-state index contributed by atoms with van der Waals surface area (Å²) in [5, 5.41) is 3.01. The standard InChI is InChI=1S/C25H34N6O/c1-18-22(29-19(2)24(32)26-12-9-15-30-13-7-8-14-30)23(28-17-27-18)31-16-25(3,4)20-10-5-6-11-21(20)31/h5-6,10-11,17H,7-9,12-16H2,1-4H3,(H,26,32). The third kappa shape index (κ3) is 4.67. The maximum Gasteiger partial charge on any atom is 0.265 e. The molecule has 1 aromatic carbocycles. The average molecular weight is 435 g/mol. The Balaban J connectivity index is 1.50. The van der Waals surface area contributed by atoms with Crippen molar-refractivity contribution in [1.29, 1.82) is 0 Å². The van der Waals surface area contributed by atoms with Crippen LogP contribution in [-0.2, 0) is 10.2 Å². The summed E-state index contributed by atoms with van der Waals surface area (Å²) in [5.74, 6) is 0.611. The molecular weight excluding hydrogens is 400 g/mol. The Labute approximate surface area is 191 Å². The van der Waals surface area contributed by atoms with Gasteiger partial charge in [-0.25, -0.2) is 15.0 Å².